The van der Waals surface area contributed by atoms with Gasteiger partial charge in [-0.2, -0.15) is 0 Å². The van der Waals surface area contributed by atoms with Crippen molar-refractivity contribution in [2.75, 3.05) is 0 Å². The molecule has 4 rings (SSSR count). The quantitative estimate of drug-likeness (QED) is 0.361. The van der Waals surface area contributed by atoms with Crippen LogP contribution in [0.4, 0.5) is 0 Å². The maximum absolute atomic E-state index is 11.7. The highest BCUT2D eigenvalue weighted by molar-refractivity contribution is 5.25. The van der Waals surface area contributed by atoms with Crippen LogP contribution in [0, 0.1) is 28.6 Å². The molecule has 0 aliphatic heterocycles. The fourth-order valence-electron chi connectivity index (χ4n) is 7.80. The molecule has 0 aromatic rings. The van der Waals surface area contributed by atoms with Crippen LogP contribution in [0.15, 0.2) is 0 Å². The van der Waals surface area contributed by atoms with E-state index in [-0.39, 0.29) is 24.7 Å². The largest absolute Gasteiger partial charge is 0.392 e. The topological polar surface area (TPSA) is 121 Å². The van der Waals surface area contributed by atoms with E-state index in [1.807, 2.05) is 0 Å². The van der Waals surface area contributed by atoms with E-state index >= 15 is 0 Å². The Labute approximate surface area is 154 Å². The lowest BCUT2D eigenvalue weighted by Gasteiger charge is -2.51. The summed E-state index contributed by atoms with van der Waals surface area (Å²) in [5, 5.41) is 67.1. The van der Waals surface area contributed by atoms with Crippen LogP contribution < -0.4 is 0 Å². The highest BCUT2D eigenvalue weighted by Gasteiger charge is 2.76. The monoisotopic (exact) mass is 370 g/mol. The molecule has 0 aromatic heterocycles. The van der Waals surface area contributed by atoms with Crippen molar-refractivity contribution >= 4 is 0 Å². The van der Waals surface area contributed by atoms with E-state index in [0.29, 0.717) is 19.3 Å². The lowest BCUT2D eigenvalue weighted by atomic mass is 9.57. The minimum Gasteiger partial charge on any atom is -0.392 e. The van der Waals surface area contributed by atoms with Gasteiger partial charge in [0.25, 0.3) is 0 Å². The molecule has 4 fully saturated rings. The van der Waals surface area contributed by atoms with E-state index in [2.05, 4.69) is 0 Å². The van der Waals surface area contributed by atoms with Gasteiger partial charge in [-0.05, 0) is 51.9 Å². The lowest BCUT2D eigenvalue weighted by molar-refractivity contribution is -0.201. The first-order chi connectivity index (χ1) is 11.7. The average Bonchev–Trinajstić information content (AvgIpc) is 2.72. The van der Waals surface area contributed by atoms with Crippen LogP contribution in [0.1, 0.15) is 59.8 Å². The molecule has 0 radical (unpaired) electrons. The second-order valence-corrected chi connectivity index (χ2v) is 10.7. The summed E-state index contributed by atoms with van der Waals surface area (Å²) < 4.78 is 0. The van der Waals surface area contributed by atoms with Crippen molar-refractivity contribution in [1.29, 1.82) is 0 Å². The van der Waals surface area contributed by atoms with Gasteiger partial charge in [0.2, 0.25) is 0 Å². The molecule has 150 valence electrons. The van der Waals surface area contributed by atoms with E-state index in [0.717, 1.165) is 0 Å². The summed E-state index contributed by atoms with van der Waals surface area (Å²) in [4.78, 5) is 0. The molecule has 0 aromatic carbocycles. The van der Waals surface area contributed by atoms with Crippen molar-refractivity contribution in [3.05, 3.63) is 0 Å². The lowest BCUT2D eigenvalue weighted by Crippen LogP contribution is -2.60. The zero-order valence-electron chi connectivity index (χ0n) is 16.2. The van der Waals surface area contributed by atoms with Crippen LogP contribution in [-0.2, 0) is 0 Å². The zero-order valence-corrected chi connectivity index (χ0v) is 16.2. The van der Waals surface area contributed by atoms with Crippen LogP contribution in [0.2, 0.25) is 0 Å². The molecule has 2 bridgehead atoms. The number of hydrogen-bond donors (Lipinski definition) is 6. The van der Waals surface area contributed by atoms with Crippen molar-refractivity contribution in [2.24, 2.45) is 28.6 Å². The summed E-state index contributed by atoms with van der Waals surface area (Å²) in [6, 6.07) is 0. The Balaban J connectivity index is 1.89. The maximum atomic E-state index is 11.7. The van der Waals surface area contributed by atoms with Crippen LogP contribution in [-0.4, -0.2) is 65.8 Å². The van der Waals surface area contributed by atoms with Gasteiger partial charge >= 0.3 is 0 Å². The number of aliphatic hydroxyl groups is 6. The molecule has 0 heterocycles. The summed E-state index contributed by atoms with van der Waals surface area (Å²) in [7, 11) is 0. The van der Waals surface area contributed by atoms with Crippen molar-refractivity contribution < 1.29 is 30.6 Å². The van der Waals surface area contributed by atoms with Gasteiger partial charge in [0.1, 0.15) is 5.60 Å². The fourth-order valence-corrected chi connectivity index (χ4v) is 7.80. The van der Waals surface area contributed by atoms with Gasteiger partial charge in [-0.15, -0.1) is 0 Å². The van der Waals surface area contributed by atoms with Gasteiger partial charge in [-0.1, -0.05) is 13.8 Å². The van der Waals surface area contributed by atoms with Crippen LogP contribution in [0.25, 0.3) is 0 Å². The second-order valence-electron chi connectivity index (χ2n) is 10.7. The molecular weight excluding hydrogens is 336 g/mol. The summed E-state index contributed by atoms with van der Waals surface area (Å²) in [5.74, 6) is -1.34. The molecule has 10 atom stereocenters. The average molecular weight is 370 g/mol. The Morgan fingerprint density at radius 3 is 2.04 bits per heavy atom. The van der Waals surface area contributed by atoms with Gasteiger partial charge in [-0.25, -0.2) is 0 Å². The second kappa shape index (κ2) is 5.02. The Hall–Kier alpha value is -0.240. The maximum Gasteiger partial charge on any atom is 0.104 e. The van der Waals surface area contributed by atoms with Gasteiger partial charge in [0, 0.05) is 22.7 Å². The van der Waals surface area contributed by atoms with Crippen LogP contribution >= 0.6 is 0 Å². The fraction of sp³-hybridized carbons (Fsp3) is 1.00. The third kappa shape index (κ3) is 1.89. The highest BCUT2D eigenvalue weighted by Crippen LogP contribution is 2.69. The van der Waals surface area contributed by atoms with Crippen molar-refractivity contribution in [2.45, 2.75) is 94.9 Å². The molecule has 0 saturated heterocycles. The highest BCUT2D eigenvalue weighted by atomic mass is 16.4. The smallest absolute Gasteiger partial charge is 0.104 e. The van der Waals surface area contributed by atoms with Gasteiger partial charge in [0.15, 0.2) is 0 Å². The van der Waals surface area contributed by atoms with Crippen LogP contribution in [0.5, 0.6) is 0 Å². The Morgan fingerprint density at radius 1 is 0.808 bits per heavy atom. The van der Waals surface area contributed by atoms with Crippen molar-refractivity contribution in [3.63, 3.8) is 0 Å². The molecule has 4 aliphatic rings. The van der Waals surface area contributed by atoms with Gasteiger partial charge in [0.05, 0.1) is 29.5 Å². The van der Waals surface area contributed by atoms with Gasteiger partial charge < -0.3 is 30.6 Å². The number of hydrogen-bond acceptors (Lipinski definition) is 6. The Kier molecular flexibility index (Phi) is 3.69. The predicted molar refractivity (Wildman–Crippen MR) is 94.0 cm³/mol. The molecule has 26 heavy (non-hydrogen) atoms. The van der Waals surface area contributed by atoms with E-state index in [9.17, 15) is 30.6 Å². The first-order valence-electron chi connectivity index (χ1n) is 9.94. The van der Waals surface area contributed by atoms with Crippen molar-refractivity contribution in [3.8, 4) is 0 Å². The van der Waals surface area contributed by atoms with E-state index < -0.39 is 51.9 Å². The standard InChI is InChI=1S/C20H34O6/c1-16(2)13(21)7-12-18(4,25)11-6-5-10-15(23)19(11,9-17(10,3)24)8-14(22)20(12,16)26/h10-15,21-26H,5-9H2,1-4H3/t10?,11-,12-,13+,14+,15-,17+,18+,19?,20-/m0/s1. The summed E-state index contributed by atoms with van der Waals surface area (Å²) in [6.07, 6.45) is -1.01. The molecule has 6 nitrogen and oxygen atoms in total. The first-order valence-corrected chi connectivity index (χ1v) is 9.94. The van der Waals surface area contributed by atoms with E-state index in [1.165, 1.54) is 0 Å². The van der Waals surface area contributed by atoms with Crippen LogP contribution in [0.3, 0.4) is 0 Å². The molecule has 2 unspecified atom stereocenters. The van der Waals surface area contributed by atoms with E-state index in [1.54, 1.807) is 27.7 Å². The third-order valence-corrected chi connectivity index (χ3v) is 9.26. The third-order valence-electron chi connectivity index (χ3n) is 9.26. The summed E-state index contributed by atoms with van der Waals surface area (Å²) in [5.41, 5.74) is -5.91. The normalized spacial score (nSPS) is 63.9. The number of rotatable bonds is 0. The van der Waals surface area contributed by atoms with Gasteiger partial charge in [-0.3, -0.25) is 0 Å². The zero-order chi connectivity index (χ0) is 19.5. The molecule has 1 spiro atoms. The molecule has 4 saturated carbocycles. The molecule has 4 aliphatic carbocycles. The number of fused-ring (bicyclic) bond motifs is 2. The first kappa shape index (κ1) is 19.1. The molecule has 6 heteroatoms. The molecule has 0 amide bonds. The predicted octanol–water partition coefficient (Wildman–Crippen LogP) is 0.168. The minimum absolute atomic E-state index is 0.116. The Morgan fingerprint density at radius 2 is 1.42 bits per heavy atom. The minimum atomic E-state index is -1.66. The Bertz CT molecular complexity index is 615. The molecule has 6 N–H and O–H groups in total. The number of aliphatic hydroxyl groups excluding tert-OH is 3. The molecular formula is C20H34O6. The summed E-state index contributed by atoms with van der Waals surface area (Å²) in [6.45, 7) is 6.87. The summed E-state index contributed by atoms with van der Waals surface area (Å²) >= 11 is 0. The van der Waals surface area contributed by atoms with Crippen molar-refractivity contribution in [1.82, 2.24) is 0 Å². The SMILES string of the molecule is CC1(C)[C@H](O)C[C@H]2[C@](C)(O)[C@@H]3CCC4[C@H](O)C3(C[C@@H](O)[C@@]21O)C[C@@]4(C)O. The van der Waals surface area contributed by atoms with E-state index in [4.69, 9.17) is 0 Å².